The lowest BCUT2D eigenvalue weighted by Crippen LogP contribution is -2.37. The first-order valence-electron chi connectivity index (χ1n) is 8.40. The molecule has 1 heterocycles. The van der Waals surface area contributed by atoms with Gasteiger partial charge in [0.05, 0.1) is 18.0 Å². The highest BCUT2D eigenvalue weighted by Crippen LogP contribution is 2.40. The number of carbonyl (C=O) groups excluding carboxylic acids is 1. The number of aryl methyl sites for hydroxylation is 1. The van der Waals surface area contributed by atoms with Gasteiger partial charge in [-0.05, 0) is 42.2 Å². The molecule has 0 saturated carbocycles. The first-order chi connectivity index (χ1) is 11.2. The zero-order valence-electron chi connectivity index (χ0n) is 14.9. The van der Waals surface area contributed by atoms with Gasteiger partial charge in [-0.3, -0.25) is 4.79 Å². The molecule has 0 spiro atoms. The molecule has 0 N–H and O–H groups in total. The second-order valence-corrected chi connectivity index (χ2v) is 8.64. The van der Waals surface area contributed by atoms with Crippen molar-refractivity contribution in [1.82, 2.24) is 4.90 Å². The molecule has 0 aliphatic heterocycles. The summed E-state index contributed by atoms with van der Waals surface area (Å²) < 4.78 is 30.5. The molecule has 2 rings (SSSR count). The Morgan fingerprint density at radius 3 is 2.75 bits per heavy atom. The summed E-state index contributed by atoms with van der Waals surface area (Å²) in [5.74, 6) is 0.285. The Kier molecular flexibility index (Phi) is 6.37. The van der Waals surface area contributed by atoms with Gasteiger partial charge in [0.2, 0.25) is 0 Å². The molecule has 0 aromatic carbocycles. The molecule has 0 saturated heterocycles. The van der Waals surface area contributed by atoms with E-state index in [1.807, 2.05) is 6.07 Å². The van der Waals surface area contributed by atoms with E-state index >= 15 is 0 Å². The van der Waals surface area contributed by atoms with Gasteiger partial charge in [0.15, 0.2) is 0 Å². The standard InChI is InChI=1S/C18H27F2NO2S/c1-18(2,3)13-5-6-14-12(9-13)10-15(24-14)17(22)21(7-8-23-4)11-16(19)20/h10,13,16H,5-9,11H2,1-4H3. The van der Waals surface area contributed by atoms with Crippen molar-refractivity contribution in [2.24, 2.45) is 11.3 Å². The van der Waals surface area contributed by atoms with Crippen LogP contribution < -0.4 is 0 Å². The van der Waals surface area contributed by atoms with E-state index < -0.39 is 13.0 Å². The summed E-state index contributed by atoms with van der Waals surface area (Å²) in [5.41, 5.74) is 1.46. The highest BCUT2D eigenvalue weighted by atomic mass is 32.1. The summed E-state index contributed by atoms with van der Waals surface area (Å²) in [7, 11) is 1.50. The number of fused-ring (bicyclic) bond motifs is 1. The maximum absolute atomic E-state index is 12.8. The number of ether oxygens (including phenoxy) is 1. The van der Waals surface area contributed by atoms with E-state index in [9.17, 15) is 13.6 Å². The van der Waals surface area contributed by atoms with Crippen molar-refractivity contribution in [3.05, 3.63) is 21.4 Å². The quantitative estimate of drug-likeness (QED) is 0.760. The molecule has 1 unspecified atom stereocenters. The van der Waals surface area contributed by atoms with Gasteiger partial charge in [0.1, 0.15) is 0 Å². The van der Waals surface area contributed by atoms with Crippen molar-refractivity contribution < 1.29 is 18.3 Å². The Morgan fingerprint density at radius 1 is 1.46 bits per heavy atom. The van der Waals surface area contributed by atoms with Gasteiger partial charge in [-0.2, -0.15) is 0 Å². The number of alkyl halides is 2. The van der Waals surface area contributed by atoms with Crippen LogP contribution in [0.25, 0.3) is 0 Å². The SMILES string of the molecule is COCCN(CC(F)F)C(=O)c1cc2c(s1)CCC(C(C)(C)C)C2. The van der Waals surface area contributed by atoms with Gasteiger partial charge in [-0.25, -0.2) is 8.78 Å². The normalized spacial score (nSPS) is 17.9. The third-order valence-electron chi connectivity index (χ3n) is 4.73. The molecular formula is C18H27F2NO2S. The Hall–Kier alpha value is -1.01. The van der Waals surface area contributed by atoms with E-state index in [1.165, 1.54) is 33.8 Å². The Morgan fingerprint density at radius 2 is 2.17 bits per heavy atom. The molecule has 1 aromatic rings. The highest BCUT2D eigenvalue weighted by molar-refractivity contribution is 7.14. The first-order valence-corrected chi connectivity index (χ1v) is 9.22. The van der Waals surface area contributed by atoms with Crippen molar-refractivity contribution in [1.29, 1.82) is 0 Å². The Balaban J connectivity index is 2.14. The molecule has 136 valence electrons. The van der Waals surface area contributed by atoms with Crippen LogP contribution >= 0.6 is 11.3 Å². The number of halogens is 2. The number of hydrogen-bond donors (Lipinski definition) is 0. The average molecular weight is 359 g/mol. The fourth-order valence-corrected chi connectivity index (χ4v) is 4.34. The molecule has 0 radical (unpaired) electrons. The van der Waals surface area contributed by atoms with Crippen molar-refractivity contribution in [3.8, 4) is 0 Å². The maximum Gasteiger partial charge on any atom is 0.264 e. The highest BCUT2D eigenvalue weighted by Gasteiger charge is 2.31. The van der Waals surface area contributed by atoms with E-state index in [4.69, 9.17) is 4.74 Å². The molecule has 1 aromatic heterocycles. The lowest BCUT2D eigenvalue weighted by atomic mass is 9.72. The molecule has 1 aliphatic carbocycles. The van der Waals surface area contributed by atoms with Gasteiger partial charge in [0.25, 0.3) is 12.3 Å². The minimum Gasteiger partial charge on any atom is -0.383 e. The Labute approximate surface area is 147 Å². The van der Waals surface area contributed by atoms with Crippen LogP contribution in [0.15, 0.2) is 6.07 Å². The number of hydrogen-bond acceptors (Lipinski definition) is 3. The molecule has 1 amide bonds. The first kappa shape index (κ1) is 19.3. The van der Waals surface area contributed by atoms with Gasteiger partial charge >= 0.3 is 0 Å². The van der Waals surface area contributed by atoms with Crippen LogP contribution in [0.2, 0.25) is 0 Å². The Bertz CT molecular complexity index is 566. The van der Waals surface area contributed by atoms with Gasteiger partial charge in [0, 0.05) is 18.5 Å². The average Bonchev–Trinajstić information content (AvgIpc) is 2.92. The summed E-state index contributed by atoms with van der Waals surface area (Å²) in [6.45, 7) is 6.64. The van der Waals surface area contributed by atoms with Gasteiger partial charge < -0.3 is 9.64 Å². The van der Waals surface area contributed by atoms with Crippen LogP contribution in [0.3, 0.4) is 0 Å². The zero-order valence-corrected chi connectivity index (χ0v) is 15.7. The fourth-order valence-electron chi connectivity index (χ4n) is 3.17. The number of nitrogens with zero attached hydrogens (tertiary/aromatic N) is 1. The smallest absolute Gasteiger partial charge is 0.264 e. The molecule has 3 nitrogen and oxygen atoms in total. The fraction of sp³-hybridized carbons (Fsp3) is 0.722. The van der Waals surface area contributed by atoms with E-state index in [0.717, 1.165) is 19.3 Å². The summed E-state index contributed by atoms with van der Waals surface area (Å²) in [4.78, 5) is 15.6. The maximum atomic E-state index is 12.8. The summed E-state index contributed by atoms with van der Waals surface area (Å²) >= 11 is 1.47. The van der Waals surface area contributed by atoms with Crippen LogP contribution in [0.5, 0.6) is 0 Å². The predicted molar refractivity (Wildman–Crippen MR) is 93.1 cm³/mol. The van der Waals surface area contributed by atoms with Gasteiger partial charge in [-0.1, -0.05) is 20.8 Å². The van der Waals surface area contributed by atoms with Crippen LogP contribution in [0, 0.1) is 11.3 Å². The number of carbonyl (C=O) groups is 1. The minimum absolute atomic E-state index is 0.187. The van der Waals surface area contributed by atoms with E-state index in [2.05, 4.69) is 20.8 Å². The lowest BCUT2D eigenvalue weighted by molar-refractivity contribution is 0.0482. The summed E-state index contributed by atoms with van der Waals surface area (Å²) in [6.07, 6.45) is 0.526. The molecule has 1 atom stereocenters. The van der Waals surface area contributed by atoms with E-state index in [-0.39, 0.29) is 24.5 Å². The van der Waals surface area contributed by atoms with Crippen LogP contribution in [-0.4, -0.2) is 44.0 Å². The number of methoxy groups -OCH3 is 1. The van der Waals surface area contributed by atoms with Crippen molar-refractivity contribution in [3.63, 3.8) is 0 Å². The van der Waals surface area contributed by atoms with Crippen molar-refractivity contribution in [2.45, 2.75) is 46.5 Å². The third-order valence-corrected chi connectivity index (χ3v) is 5.95. The third kappa shape index (κ3) is 4.76. The van der Waals surface area contributed by atoms with Crippen LogP contribution in [0.1, 0.15) is 47.3 Å². The van der Waals surface area contributed by atoms with Crippen molar-refractivity contribution >= 4 is 17.2 Å². The zero-order chi connectivity index (χ0) is 17.9. The second-order valence-electron chi connectivity index (χ2n) is 7.50. The molecule has 0 bridgehead atoms. The number of rotatable bonds is 6. The number of thiophene rings is 1. The largest absolute Gasteiger partial charge is 0.383 e. The second kappa shape index (κ2) is 7.91. The summed E-state index contributed by atoms with van der Waals surface area (Å²) in [5, 5.41) is 0. The van der Waals surface area contributed by atoms with Crippen LogP contribution in [-0.2, 0) is 17.6 Å². The van der Waals surface area contributed by atoms with E-state index in [1.54, 1.807) is 0 Å². The predicted octanol–water partition coefficient (Wildman–Crippen LogP) is 4.25. The van der Waals surface area contributed by atoms with Gasteiger partial charge in [-0.15, -0.1) is 11.3 Å². The molecule has 24 heavy (non-hydrogen) atoms. The van der Waals surface area contributed by atoms with Crippen LogP contribution in [0.4, 0.5) is 8.78 Å². The monoisotopic (exact) mass is 359 g/mol. The molecule has 1 aliphatic rings. The minimum atomic E-state index is -2.54. The number of amides is 1. The van der Waals surface area contributed by atoms with Crippen molar-refractivity contribution in [2.75, 3.05) is 26.8 Å². The molecule has 0 fully saturated rings. The molecule has 6 heteroatoms. The summed E-state index contributed by atoms with van der Waals surface area (Å²) in [6, 6.07) is 1.92. The lowest BCUT2D eigenvalue weighted by Gasteiger charge is -2.33. The van der Waals surface area contributed by atoms with E-state index in [0.29, 0.717) is 10.8 Å². The molecular weight excluding hydrogens is 332 g/mol. The topological polar surface area (TPSA) is 29.5 Å².